The van der Waals surface area contributed by atoms with Gasteiger partial charge in [-0.1, -0.05) is 48.5 Å². The summed E-state index contributed by atoms with van der Waals surface area (Å²) >= 11 is 1.44. The summed E-state index contributed by atoms with van der Waals surface area (Å²) in [6.45, 7) is 4.16. The third-order valence-corrected chi connectivity index (χ3v) is 6.24. The summed E-state index contributed by atoms with van der Waals surface area (Å²) in [4.78, 5) is 13.3. The molecule has 2 aromatic carbocycles. The number of carbonyl (C=O) groups is 1. The van der Waals surface area contributed by atoms with Crippen molar-refractivity contribution in [3.05, 3.63) is 65.5 Å². The molecule has 1 aliphatic rings. The van der Waals surface area contributed by atoms with Crippen molar-refractivity contribution in [2.24, 2.45) is 0 Å². The SMILES string of the molecule is CCCc1nnc2n1NC(c1ccc(C)cc1)C(C(=O)Nc1ccc(OC)cc1)S2. The normalized spacial score (nSPS) is 17.7. The first kappa shape index (κ1) is 20.3. The molecular formula is C22H25N5O2S. The summed E-state index contributed by atoms with van der Waals surface area (Å²) < 4.78 is 7.12. The highest BCUT2D eigenvalue weighted by Gasteiger charge is 2.37. The monoisotopic (exact) mass is 423 g/mol. The summed E-state index contributed by atoms with van der Waals surface area (Å²) in [5, 5.41) is 11.9. The molecular weight excluding hydrogens is 398 g/mol. The zero-order valence-electron chi connectivity index (χ0n) is 17.3. The summed E-state index contributed by atoms with van der Waals surface area (Å²) in [5.41, 5.74) is 6.44. The van der Waals surface area contributed by atoms with Gasteiger partial charge in [0.1, 0.15) is 11.0 Å². The summed E-state index contributed by atoms with van der Waals surface area (Å²) in [7, 11) is 1.62. The van der Waals surface area contributed by atoms with Gasteiger partial charge >= 0.3 is 0 Å². The zero-order chi connectivity index (χ0) is 21.1. The van der Waals surface area contributed by atoms with Gasteiger partial charge < -0.3 is 15.5 Å². The van der Waals surface area contributed by atoms with Gasteiger partial charge in [0, 0.05) is 12.1 Å². The third-order valence-electron chi connectivity index (χ3n) is 5.03. The topological polar surface area (TPSA) is 81.1 Å². The van der Waals surface area contributed by atoms with Gasteiger partial charge in [0.05, 0.1) is 13.2 Å². The number of hydrogen-bond donors (Lipinski definition) is 2. The molecule has 0 fully saturated rings. The van der Waals surface area contributed by atoms with E-state index in [1.54, 1.807) is 7.11 Å². The Morgan fingerprint density at radius 2 is 1.90 bits per heavy atom. The van der Waals surface area contributed by atoms with Crippen LogP contribution in [0.3, 0.4) is 0 Å². The zero-order valence-corrected chi connectivity index (χ0v) is 18.1. The van der Waals surface area contributed by atoms with Crippen LogP contribution in [0.15, 0.2) is 53.7 Å². The second-order valence-corrected chi connectivity index (χ2v) is 8.37. The number of amides is 1. The van der Waals surface area contributed by atoms with Crippen molar-refractivity contribution in [2.45, 2.75) is 43.1 Å². The van der Waals surface area contributed by atoms with Crippen molar-refractivity contribution < 1.29 is 9.53 Å². The lowest BCUT2D eigenvalue weighted by molar-refractivity contribution is -0.116. The van der Waals surface area contributed by atoms with Gasteiger partial charge in [0.2, 0.25) is 11.1 Å². The molecule has 1 aromatic heterocycles. The van der Waals surface area contributed by atoms with Crippen LogP contribution in [0, 0.1) is 6.92 Å². The van der Waals surface area contributed by atoms with Crippen LogP contribution in [0.25, 0.3) is 0 Å². The van der Waals surface area contributed by atoms with Crippen LogP contribution in [-0.4, -0.2) is 33.1 Å². The minimum Gasteiger partial charge on any atom is -0.497 e. The molecule has 0 saturated heterocycles. The number of rotatable bonds is 6. The van der Waals surface area contributed by atoms with Gasteiger partial charge in [0.15, 0.2) is 5.82 Å². The minimum atomic E-state index is -0.402. The highest BCUT2D eigenvalue weighted by atomic mass is 32.2. The van der Waals surface area contributed by atoms with Gasteiger partial charge in [-0.05, 0) is 43.2 Å². The van der Waals surface area contributed by atoms with E-state index in [9.17, 15) is 4.79 Å². The number of aromatic nitrogens is 3. The van der Waals surface area contributed by atoms with Crippen molar-refractivity contribution >= 4 is 23.4 Å². The Balaban J connectivity index is 1.63. The number of thioether (sulfide) groups is 1. The molecule has 2 N–H and O–H groups in total. The fraction of sp³-hybridized carbons (Fsp3) is 0.318. The van der Waals surface area contributed by atoms with E-state index >= 15 is 0 Å². The number of anilines is 1. The fourth-order valence-corrected chi connectivity index (χ4v) is 4.49. The largest absolute Gasteiger partial charge is 0.497 e. The maximum Gasteiger partial charge on any atom is 0.240 e. The van der Waals surface area contributed by atoms with E-state index in [2.05, 4.69) is 59.1 Å². The molecule has 1 aliphatic heterocycles. The smallest absolute Gasteiger partial charge is 0.240 e. The first-order valence-electron chi connectivity index (χ1n) is 9.98. The highest BCUT2D eigenvalue weighted by Crippen LogP contribution is 2.37. The van der Waals surface area contributed by atoms with E-state index in [1.165, 1.54) is 17.3 Å². The molecule has 0 aliphatic carbocycles. The van der Waals surface area contributed by atoms with Crippen molar-refractivity contribution in [1.29, 1.82) is 0 Å². The molecule has 0 bridgehead atoms. The Bertz CT molecular complexity index is 1020. The van der Waals surface area contributed by atoms with E-state index in [-0.39, 0.29) is 11.9 Å². The Kier molecular flexibility index (Phi) is 5.94. The summed E-state index contributed by atoms with van der Waals surface area (Å²) in [5.74, 6) is 1.54. The number of methoxy groups -OCH3 is 1. The first-order chi connectivity index (χ1) is 14.6. The number of ether oxygens (including phenoxy) is 1. The number of hydrogen-bond acceptors (Lipinski definition) is 6. The Hall–Kier alpha value is -3.00. The molecule has 2 unspecified atom stereocenters. The Morgan fingerprint density at radius 3 is 2.57 bits per heavy atom. The van der Waals surface area contributed by atoms with E-state index in [0.717, 1.165) is 35.7 Å². The molecule has 7 nitrogen and oxygen atoms in total. The number of nitrogens with zero attached hydrogens (tertiary/aromatic N) is 3. The Morgan fingerprint density at radius 1 is 1.17 bits per heavy atom. The maximum atomic E-state index is 13.3. The van der Waals surface area contributed by atoms with Crippen molar-refractivity contribution in [3.8, 4) is 5.75 Å². The number of fused-ring (bicyclic) bond motifs is 1. The van der Waals surface area contributed by atoms with Crippen LogP contribution < -0.4 is 15.5 Å². The molecule has 2 atom stereocenters. The molecule has 2 heterocycles. The van der Waals surface area contributed by atoms with Gasteiger partial charge in [-0.25, -0.2) is 4.68 Å². The predicted molar refractivity (Wildman–Crippen MR) is 119 cm³/mol. The molecule has 156 valence electrons. The third kappa shape index (κ3) is 4.14. The highest BCUT2D eigenvalue weighted by molar-refractivity contribution is 8.00. The maximum absolute atomic E-state index is 13.3. The standard InChI is InChI=1S/C22H25N5O2S/c1-4-5-18-24-25-22-27(18)26-19(15-8-6-14(2)7-9-15)20(30-22)21(28)23-16-10-12-17(29-3)13-11-16/h6-13,19-20,26H,4-5H2,1-3H3,(H,23,28). The lowest BCUT2D eigenvalue weighted by Gasteiger charge is -2.33. The summed E-state index contributed by atoms with van der Waals surface area (Å²) in [6.07, 6.45) is 1.80. The van der Waals surface area contributed by atoms with Crippen molar-refractivity contribution in [2.75, 3.05) is 17.9 Å². The number of benzene rings is 2. The van der Waals surface area contributed by atoms with E-state index in [4.69, 9.17) is 4.74 Å². The number of nitrogens with one attached hydrogen (secondary N) is 2. The fourth-order valence-electron chi connectivity index (χ4n) is 3.40. The Labute approximate surface area is 180 Å². The molecule has 4 rings (SSSR count). The number of aryl methyl sites for hydroxylation is 2. The molecule has 0 spiro atoms. The van der Waals surface area contributed by atoms with Crippen LogP contribution >= 0.6 is 11.8 Å². The van der Waals surface area contributed by atoms with Crippen molar-refractivity contribution in [3.63, 3.8) is 0 Å². The first-order valence-corrected chi connectivity index (χ1v) is 10.9. The second-order valence-electron chi connectivity index (χ2n) is 7.26. The molecule has 8 heteroatoms. The van der Waals surface area contributed by atoms with E-state index in [0.29, 0.717) is 5.16 Å². The number of carbonyl (C=O) groups excluding carboxylic acids is 1. The van der Waals surface area contributed by atoms with E-state index in [1.807, 2.05) is 28.9 Å². The lowest BCUT2D eigenvalue weighted by Crippen LogP contribution is -2.41. The average Bonchev–Trinajstić information content (AvgIpc) is 3.16. The van der Waals surface area contributed by atoms with Crippen LogP contribution in [0.4, 0.5) is 5.69 Å². The van der Waals surface area contributed by atoms with Gasteiger partial charge in [-0.2, -0.15) is 0 Å². The second kappa shape index (κ2) is 8.79. The molecule has 1 amide bonds. The van der Waals surface area contributed by atoms with Gasteiger partial charge in [-0.3, -0.25) is 4.79 Å². The minimum absolute atomic E-state index is 0.0884. The van der Waals surface area contributed by atoms with Crippen LogP contribution in [0.5, 0.6) is 5.75 Å². The van der Waals surface area contributed by atoms with E-state index < -0.39 is 5.25 Å². The average molecular weight is 424 g/mol. The van der Waals surface area contributed by atoms with Crippen LogP contribution in [-0.2, 0) is 11.2 Å². The molecule has 0 saturated carbocycles. The van der Waals surface area contributed by atoms with Gasteiger partial charge in [-0.15, -0.1) is 10.2 Å². The molecule has 0 radical (unpaired) electrons. The van der Waals surface area contributed by atoms with Gasteiger partial charge in [0.25, 0.3) is 0 Å². The van der Waals surface area contributed by atoms with Crippen LogP contribution in [0.2, 0.25) is 0 Å². The molecule has 30 heavy (non-hydrogen) atoms. The quantitative estimate of drug-likeness (QED) is 0.625. The van der Waals surface area contributed by atoms with Crippen LogP contribution in [0.1, 0.15) is 36.3 Å². The molecule has 3 aromatic rings. The lowest BCUT2D eigenvalue weighted by atomic mass is 10.0. The predicted octanol–water partition coefficient (Wildman–Crippen LogP) is 3.95. The summed E-state index contributed by atoms with van der Waals surface area (Å²) in [6, 6.07) is 15.4. The van der Waals surface area contributed by atoms with Crippen molar-refractivity contribution in [1.82, 2.24) is 14.9 Å².